The minimum Gasteiger partial charge on any atom is -0.384 e. The third-order valence-corrected chi connectivity index (χ3v) is 5.26. The number of carbonyl (C=O) groups is 1. The van der Waals surface area contributed by atoms with E-state index in [1.165, 1.54) is 0 Å². The second-order valence-electron chi connectivity index (χ2n) is 5.46. The summed E-state index contributed by atoms with van der Waals surface area (Å²) >= 11 is 1.74. The molecule has 0 spiro atoms. The molecule has 112 valence electrons. The van der Waals surface area contributed by atoms with Crippen LogP contribution in [-0.2, 0) is 4.79 Å². The first-order valence-corrected chi connectivity index (χ1v) is 8.18. The van der Waals surface area contributed by atoms with Gasteiger partial charge in [0.2, 0.25) is 5.91 Å². The molecule has 1 saturated heterocycles. The summed E-state index contributed by atoms with van der Waals surface area (Å²) in [5, 5.41) is 11.8. The van der Waals surface area contributed by atoms with Gasteiger partial charge in [0.25, 0.3) is 0 Å². The van der Waals surface area contributed by atoms with Crippen LogP contribution in [-0.4, -0.2) is 28.1 Å². The summed E-state index contributed by atoms with van der Waals surface area (Å²) in [7, 11) is 0. The highest BCUT2D eigenvalue weighted by Crippen LogP contribution is 2.38. The van der Waals surface area contributed by atoms with Crippen LogP contribution in [0.1, 0.15) is 43.9 Å². The standard InChI is InChI=1S/C17H21NO2S/c1-13(18-16(20)17(2)9-5-11-21-17)15-8-3-6-14(12-15)7-4-10-19/h3,6,8,12-13,19H,5,9-11H2,1-2H3,(H,18,20). The van der Waals surface area contributed by atoms with Crippen molar-refractivity contribution >= 4 is 17.7 Å². The van der Waals surface area contributed by atoms with E-state index in [2.05, 4.69) is 17.2 Å². The molecule has 3 nitrogen and oxygen atoms in total. The Kier molecular flexibility index (Phi) is 5.33. The molecule has 21 heavy (non-hydrogen) atoms. The molecule has 1 heterocycles. The van der Waals surface area contributed by atoms with Gasteiger partial charge in [0.15, 0.2) is 0 Å². The lowest BCUT2D eigenvalue weighted by atomic mass is 10.0. The number of rotatable bonds is 3. The summed E-state index contributed by atoms with van der Waals surface area (Å²) in [4.78, 5) is 12.4. The maximum absolute atomic E-state index is 12.4. The van der Waals surface area contributed by atoms with Gasteiger partial charge >= 0.3 is 0 Å². The number of aliphatic hydroxyl groups excluding tert-OH is 1. The molecule has 2 N–H and O–H groups in total. The predicted molar refractivity (Wildman–Crippen MR) is 87.1 cm³/mol. The zero-order valence-electron chi connectivity index (χ0n) is 12.5. The fourth-order valence-electron chi connectivity index (χ4n) is 2.42. The molecular formula is C17H21NO2S. The number of aliphatic hydroxyl groups is 1. The van der Waals surface area contributed by atoms with E-state index in [0.717, 1.165) is 29.7 Å². The van der Waals surface area contributed by atoms with Crippen molar-refractivity contribution in [3.8, 4) is 11.8 Å². The van der Waals surface area contributed by atoms with Crippen LogP contribution in [0.25, 0.3) is 0 Å². The molecule has 1 aromatic rings. The molecule has 1 aliphatic heterocycles. The summed E-state index contributed by atoms with van der Waals surface area (Å²) in [5.41, 5.74) is 1.88. The van der Waals surface area contributed by atoms with Crippen molar-refractivity contribution in [2.45, 2.75) is 37.5 Å². The summed E-state index contributed by atoms with van der Waals surface area (Å²) in [5.74, 6) is 6.70. The molecule has 0 bridgehead atoms. The average Bonchev–Trinajstić information content (AvgIpc) is 2.93. The van der Waals surface area contributed by atoms with E-state index in [1.54, 1.807) is 11.8 Å². The Morgan fingerprint density at radius 2 is 2.38 bits per heavy atom. The summed E-state index contributed by atoms with van der Waals surface area (Å²) in [6.45, 7) is 3.86. The van der Waals surface area contributed by atoms with Crippen molar-refractivity contribution in [1.29, 1.82) is 0 Å². The van der Waals surface area contributed by atoms with Crippen molar-refractivity contribution in [3.63, 3.8) is 0 Å². The predicted octanol–water partition coefficient (Wildman–Crippen LogP) is 2.49. The second-order valence-corrected chi connectivity index (χ2v) is 7.06. The van der Waals surface area contributed by atoms with Gasteiger partial charge < -0.3 is 10.4 Å². The Hall–Kier alpha value is -1.44. The van der Waals surface area contributed by atoms with Crippen LogP contribution in [0.5, 0.6) is 0 Å². The lowest BCUT2D eigenvalue weighted by Gasteiger charge is -2.24. The molecule has 1 aliphatic rings. The second kappa shape index (κ2) is 7.02. The molecule has 1 aromatic carbocycles. The SMILES string of the molecule is CC(NC(=O)C1(C)CCCS1)c1cccc(C#CCO)c1. The molecule has 0 aliphatic carbocycles. The first-order chi connectivity index (χ1) is 10.0. The maximum atomic E-state index is 12.4. The number of hydrogen-bond donors (Lipinski definition) is 2. The molecular weight excluding hydrogens is 282 g/mol. The topological polar surface area (TPSA) is 49.3 Å². The van der Waals surface area contributed by atoms with Gasteiger partial charge in [0, 0.05) is 5.56 Å². The molecule has 2 unspecified atom stereocenters. The molecule has 0 radical (unpaired) electrons. The molecule has 2 atom stereocenters. The molecule has 1 amide bonds. The van der Waals surface area contributed by atoms with Crippen LogP contribution in [0.4, 0.5) is 0 Å². The quantitative estimate of drug-likeness (QED) is 0.844. The van der Waals surface area contributed by atoms with Crippen molar-refractivity contribution in [3.05, 3.63) is 35.4 Å². The molecule has 4 heteroatoms. The number of amides is 1. The Bertz CT molecular complexity index is 568. The van der Waals surface area contributed by atoms with Crippen molar-refractivity contribution in [1.82, 2.24) is 5.32 Å². The number of benzene rings is 1. The first-order valence-electron chi connectivity index (χ1n) is 7.20. The van der Waals surface area contributed by atoms with Gasteiger partial charge in [-0.25, -0.2) is 0 Å². The zero-order chi connectivity index (χ0) is 15.3. The van der Waals surface area contributed by atoms with Gasteiger partial charge in [-0.3, -0.25) is 4.79 Å². The number of thioether (sulfide) groups is 1. The van der Waals surface area contributed by atoms with Crippen molar-refractivity contribution in [2.24, 2.45) is 0 Å². The first kappa shape index (κ1) is 15.9. The average molecular weight is 303 g/mol. The van der Waals surface area contributed by atoms with Crippen LogP contribution in [0, 0.1) is 11.8 Å². The highest BCUT2D eigenvalue weighted by molar-refractivity contribution is 8.01. The zero-order valence-corrected chi connectivity index (χ0v) is 13.3. The minimum absolute atomic E-state index is 0.0496. The van der Waals surface area contributed by atoms with E-state index < -0.39 is 0 Å². The lowest BCUT2D eigenvalue weighted by molar-refractivity contribution is -0.123. The number of carbonyl (C=O) groups excluding carboxylic acids is 1. The Morgan fingerprint density at radius 3 is 3.05 bits per heavy atom. The van der Waals surface area contributed by atoms with E-state index in [-0.39, 0.29) is 23.3 Å². The molecule has 1 fully saturated rings. The summed E-state index contributed by atoms with van der Waals surface area (Å²) in [6, 6.07) is 7.71. The highest BCUT2D eigenvalue weighted by atomic mass is 32.2. The van der Waals surface area contributed by atoms with Gasteiger partial charge in [-0.1, -0.05) is 24.0 Å². The maximum Gasteiger partial charge on any atom is 0.236 e. The smallest absolute Gasteiger partial charge is 0.236 e. The van der Waals surface area contributed by atoms with E-state index in [1.807, 2.05) is 38.1 Å². The van der Waals surface area contributed by atoms with Crippen molar-refractivity contribution in [2.75, 3.05) is 12.4 Å². The van der Waals surface area contributed by atoms with Gasteiger partial charge in [-0.2, -0.15) is 0 Å². The van der Waals surface area contributed by atoms with Crippen LogP contribution < -0.4 is 5.32 Å². The minimum atomic E-state index is -0.289. The summed E-state index contributed by atoms with van der Waals surface area (Å²) in [6.07, 6.45) is 2.05. The van der Waals surface area contributed by atoms with Crippen LogP contribution in [0.2, 0.25) is 0 Å². The number of nitrogens with one attached hydrogen (secondary N) is 1. The Morgan fingerprint density at radius 1 is 1.57 bits per heavy atom. The van der Waals surface area contributed by atoms with E-state index in [9.17, 15) is 4.79 Å². The van der Waals surface area contributed by atoms with Gasteiger partial charge in [-0.05, 0) is 50.1 Å². The van der Waals surface area contributed by atoms with E-state index >= 15 is 0 Å². The lowest BCUT2D eigenvalue weighted by Crippen LogP contribution is -2.41. The fourth-order valence-corrected chi connectivity index (χ4v) is 3.64. The van der Waals surface area contributed by atoms with E-state index in [4.69, 9.17) is 5.11 Å². The van der Waals surface area contributed by atoms with Gasteiger partial charge in [0.1, 0.15) is 6.61 Å². The Labute approximate surface area is 130 Å². The largest absolute Gasteiger partial charge is 0.384 e. The molecule has 2 rings (SSSR count). The molecule has 0 aromatic heterocycles. The van der Waals surface area contributed by atoms with Crippen molar-refractivity contribution < 1.29 is 9.90 Å². The van der Waals surface area contributed by atoms with Gasteiger partial charge in [0.05, 0.1) is 10.8 Å². The third-order valence-electron chi connectivity index (χ3n) is 3.75. The van der Waals surface area contributed by atoms with E-state index in [0.29, 0.717) is 0 Å². The normalized spacial score (nSPS) is 22.2. The highest BCUT2D eigenvalue weighted by Gasteiger charge is 2.37. The third kappa shape index (κ3) is 4.03. The number of hydrogen-bond acceptors (Lipinski definition) is 3. The molecule has 0 saturated carbocycles. The van der Waals surface area contributed by atoms with Crippen LogP contribution in [0.15, 0.2) is 24.3 Å². The Balaban J connectivity index is 2.06. The van der Waals surface area contributed by atoms with Gasteiger partial charge in [-0.15, -0.1) is 11.8 Å². The fraction of sp³-hybridized carbons (Fsp3) is 0.471. The summed E-state index contributed by atoms with van der Waals surface area (Å²) < 4.78 is -0.289. The van der Waals surface area contributed by atoms with Crippen LogP contribution in [0.3, 0.4) is 0 Å². The monoisotopic (exact) mass is 303 g/mol. The van der Waals surface area contributed by atoms with Crippen LogP contribution >= 0.6 is 11.8 Å².